The van der Waals surface area contributed by atoms with Gasteiger partial charge in [0.05, 0.1) is 5.02 Å². The zero-order valence-electron chi connectivity index (χ0n) is 15.1. The van der Waals surface area contributed by atoms with Gasteiger partial charge in [-0.25, -0.2) is 0 Å². The Bertz CT molecular complexity index is 578. The minimum absolute atomic E-state index is 0.0584. The fourth-order valence-electron chi connectivity index (χ4n) is 2.19. The summed E-state index contributed by atoms with van der Waals surface area (Å²) < 4.78 is 5.49. The summed E-state index contributed by atoms with van der Waals surface area (Å²) >= 11 is 6.18. The molecule has 1 N–H and O–H groups in total. The van der Waals surface area contributed by atoms with Gasteiger partial charge in [0.1, 0.15) is 5.75 Å². The molecule has 0 unspecified atom stereocenters. The molecule has 0 bridgehead atoms. The molecule has 0 heterocycles. The summed E-state index contributed by atoms with van der Waals surface area (Å²) in [5.41, 5.74) is 0.526. The number of rotatable bonds is 7. The first-order chi connectivity index (χ1) is 11.2. The second kappa shape index (κ2) is 8.92. The average molecular weight is 355 g/mol. The van der Waals surface area contributed by atoms with Gasteiger partial charge in [-0.1, -0.05) is 32.4 Å². The summed E-state index contributed by atoms with van der Waals surface area (Å²) in [6.07, 6.45) is 0.418. The molecule has 0 fully saturated rings. The van der Waals surface area contributed by atoms with E-state index < -0.39 is 0 Å². The first-order valence-electron chi connectivity index (χ1n) is 8.16. The number of hydrogen-bond acceptors (Lipinski definition) is 3. The van der Waals surface area contributed by atoms with E-state index in [-0.39, 0.29) is 23.8 Å². The number of carbonyl (C=O) groups excluding carboxylic acids is 2. The van der Waals surface area contributed by atoms with E-state index in [1.807, 2.05) is 34.6 Å². The Labute approximate surface area is 149 Å². The lowest BCUT2D eigenvalue weighted by Crippen LogP contribution is -2.34. The molecule has 0 aromatic heterocycles. The maximum atomic E-state index is 11.9. The molecule has 6 heteroatoms. The quantitative estimate of drug-likeness (QED) is 0.806. The first-order valence-corrected chi connectivity index (χ1v) is 8.54. The van der Waals surface area contributed by atoms with Crippen molar-refractivity contribution < 1.29 is 14.3 Å². The van der Waals surface area contributed by atoms with Gasteiger partial charge < -0.3 is 15.0 Å². The van der Waals surface area contributed by atoms with Gasteiger partial charge in [0.25, 0.3) is 5.91 Å². The van der Waals surface area contributed by atoms with Crippen molar-refractivity contribution in [2.75, 3.05) is 25.0 Å². The van der Waals surface area contributed by atoms with E-state index in [1.165, 1.54) is 0 Å². The summed E-state index contributed by atoms with van der Waals surface area (Å²) in [6.45, 7) is 11.1. The smallest absolute Gasteiger partial charge is 0.260 e. The molecule has 0 saturated heterocycles. The molecule has 0 atom stereocenters. The molecular weight excluding hydrogens is 328 g/mol. The summed E-state index contributed by atoms with van der Waals surface area (Å²) in [7, 11) is 0. The highest BCUT2D eigenvalue weighted by Gasteiger charge is 2.16. The summed E-state index contributed by atoms with van der Waals surface area (Å²) in [6, 6.07) is 4.99. The summed E-state index contributed by atoms with van der Waals surface area (Å²) in [4.78, 5) is 25.6. The maximum absolute atomic E-state index is 11.9. The van der Waals surface area contributed by atoms with Crippen LogP contribution in [0, 0.1) is 5.41 Å². The van der Waals surface area contributed by atoms with Crippen LogP contribution in [0.5, 0.6) is 5.75 Å². The lowest BCUT2D eigenvalue weighted by Gasteiger charge is -2.19. The molecule has 2 amide bonds. The Kier molecular flexibility index (Phi) is 7.55. The third-order valence-corrected chi connectivity index (χ3v) is 3.67. The van der Waals surface area contributed by atoms with E-state index in [0.29, 0.717) is 36.0 Å². The molecule has 1 aromatic carbocycles. The second-order valence-electron chi connectivity index (χ2n) is 6.79. The highest BCUT2D eigenvalue weighted by molar-refractivity contribution is 6.32. The fraction of sp³-hybridized carbons (Fsp3) is 0.556. The van der Waals surface area contributed by atoms with E-state index in [9.17, 15) is 9.59 Å². The summed E-state index contributed by atoms with van der Waals surface area (Å²) in [5.74, 6) is 0.272. The number of benzene rings is 1. The highest BCUT2D eigenvalue weighted by Crippen LogP contribution is 2.28. The molecule has 0 radical (unpaired) electrons. The van der Waals surface area contributed by atoms with Crippen molar-refractivity contribution in [3.8, 4) is 5.75 Å². The van der Waals surface area contributed by atoms with Gasteiger partial charge in [-0.15, -0.1) is 0 Å². The van der Waals surface area contributed by atoms with Gasteiger partial charge in [-0.2, -0.15) is 0 Å². The number of halogens is 1. The Hall–Kier alpha value is -1.75. The molecule has 0 aliphatic carbocycles. The molecule has 1 aromatic rings. The SMILES string of the molecule is CCN(CC)C(=O)COc1ccc(NC(=O)CC(C)(C)C)cc1Cl. The third-order valence-electron chi connectivity index (χ3n) is 3.37. The van der Waals surface area contributed by atoms with Crippen LogP contribution in [0.15, 0.2) is 18.2 Å². The third kappa shape index (κ3) is 6.79. The normalized spacial score (nSPS) is 11.1. The number of nitrogens with zero attached hydrogens (tertiary/aromatic N) is 1. The van der Waals surface area contributed by atoms with Crippen LogP contribution in [0.2, 0.25) is 5.02 Å². The standard InChI is InChI=1S/C18H27ClN2O3/c1-6-21(7-2)17(23)12-24-15-9-8-13(10-14(15)19)20-16(22)11-18(3,4)5/h8-10H,6-7,11-12H2,1-5H3,(H,20,22). The van der Waals surface area contributed by atoms with Crippen molar-refractivity contribution in [2.45, 2.75) is 41.0 Å². The fourth-order valence-corrected chi connectivity index (χ4v) is 2.42. The van der Waals surface area contributed by atoms with E-state index in [0.717, 1.165) is 0 Å². The maximum Gasteiger partial charge on any atom is 0.260 e. The topological polar surface area (TPSA) is 58.6 Å². The monoisotopic (exact) mass is 354 g/mol. The number of anilines is 1. The average Bonchev–Trinajstić information content (AvgIpc) is 2.45. The minimum atomic E-state index is -0.0846. The van der Waals surface area contributed by atoms with Crippen molar-refractivity contribution in [2.24, 2.45) is 5.41 Å². The van der Waals surface area contributed by atoms with Crippen LogP contribution in [0.3, 0.4) is 0 Å². The second-order valence-corrected chi connectivity index (χ2v) is 7.19. The molecule has 134 valence electrons. The van der Waals surface area contributed by atoms with Gasteiger partial charge in [0.15, 0.2) is 6.61 Å². The largest absolute Gasteiger partial charge is 0.482 e. The van der Waals surface area contributed by atoms with E-state index in [1.54, 1.807) is 23.1 Å². The van der Waals surface area contributed by atoms with Gasteiger partial charge in [0, 0.05) is 25.2 Å². The molecule has 1 rings (SSSR count). The number of nitrogens with one attached hydrogen (secondary N) is 1. The molecular formula is C18H27ClN2O3. The zero-order chi connectivity index (χ0) is 18.3. The number of amides is 2. The number of likely N-dealkylation sites (N-methyl/N-ethyl adjacent to an activating group) is 1. The molecule has 5 nitrogen and oxygen atoms in total. The molecule has 0 aliphatic heterocycles. The lowest BCUT2D eigenvalue weighted by molar-refractivity contribution is -0.133. The van der Waals surface area contributed by atoms with E-state index in [2.05, 4.69) is 5.32 Å². The van der Waals surface area contributed by atoms with Gasteiger partial charge in [-0.05, 0) is 37.5 Å². The van der Waals surface area contributed by atoms with Crippen molar-refractivity contribution in [1.82, 2.24) is 4.90 Å². The molecule has 0 spiro atoms. The van der Waals surface area contributed by atoms with Crippen molar-refractivity contribution in [3.63, 3.8) is 0 Å². The van der Waals surface area contributed by atoms with Crippen LogP contribution in [-0.2, 0) is 9.59 Å². The van der Waals surface area contributed by atoms with Crippen LogP contribution in [0.25, 0.3) is 0 Å². The predicted molar refractivity (Wildman–Crippen MR) is 97.6 cm³/mol. The van der Waals surface area contributed by atoms with Crippen molar-refractivity contribution in [1.29, 1.82) is 0 Å². The molecule has 0 aliphatic rings. The number of carbonyl (C=O) groups is 2. The van der Waals surface area contributed by atoms with E-state index >= 15 is 0 Å². The van der Waals surface area contributed by atoms with Crippen LogP contribution < -0.4 is 10.1 Å². The van der Waals surface area contributed by atoms with Gasteiger partial charge >= 0.3 is 0 Å². The van der Waals surface area contributed by atoms with Gasteiger partial charge in [0.2, 0.25) is 5.91 Å². The Morgan fingerprint density at radius 3 is 2.33 bits per heavy atom. The number of ether oxygens (including phenoxy) is 1. The first kappa shape index (κ1) is 20.3. The molecule has 24 heavy (non-hydrogen) atoms. The Morgan fingerprint density at radius 2 is 1.83 bits per heavy atom. The van der Waals surface area contributed by atoms with Crippen LogP contribution in [-0.4, -0.2) is 36.4 Å². The van der Waals surface area contributed by atoms with Gasteiger partial charge in [-0.3, -0.25) is 9.59 Å². The minimum Gasteiger partial charge on any atom is -0.482 e. The van der Waals surface area contributed by atoms with Crippen LogP contribution in [0.4, 0.5) is 5.69 Å². The van der Waals surface area contributed by atoms with Crippen LogP contribution in [0.1, 0.15) is 41.0 Å². The number of hydrogen-bond donors (Lipinski definition) is 1. The Balaban J connectivity index is 2.65. The molecule has 0 saturated carbocycles. The zero-order valence-corrected chi connectivity index (χ0v) is 15.9. The predicted octanol–water partition coefficient (Wildman–Crippen LogP) is 3.96. The van der Waals surface area contributed by atoms with Crippen LogP contribution >= 0.6 is 11.6 Å². The Morgan fingerprint density at radius 1 is 1.21 bits per heavy atom. The van der Waals surface area contributed by atoms with Crippen molar-refractivity contribution in [3.05, 3.63) is 23.2 Å². The summed E-state index contributed by atoms with van der Waals surface area (Å²) in [5, 5.41) is 3.17. The van der Waals surface area contributed by atoms with Crippen molar-refractivity contribution >= 4 is 29.1 Å². The highest BCUT2D eigenvalue weighted by atomic mass is 35.5. The van der Waals surface area contributed by atoms with E-state index in [4.69, 9.17) is 16.3 Å². The lowest BCUT2D eigenvalue weighted by atomic mass is 9.92.